The molecule has 1 amide bonds. The molecule has 5 heterocycles. The van der Waals surface area contributed by atoms with Crippen LogP contribution < -0.4 is 5.32 Å². The fraction of sp³-hybridized carbons (Fsp3) is 0. The number of anilines is 1. The van der Waals surface area contributed by atoms with E-state index < -0.39 is 0 Å². The molecular weight excluding hydrogens is 342 g/mol. The van der Waals surface area contributed by atoms with Gasteiger partial charge in [0.1, 0.15) is 12.0 Å². The molecule has 0 saturated carbocycles. The molecule has 0 aliphatic rings. The quantitative estimate of drug-likeness (QED) is 0.518. The lowest BCUT2D eigenvalue weighted by Gasteiger charge is -2.05. The highest BCUT2D eigenvalue weighted by atomic mass is 16.1. The van der Waals surface area contributed by atoms with Crippen molar-refractivity contribution in [3.63, 3.8) is 0 Å². The minimum absolute atomic E-state index is 0.239. The van der Waals surface area contributed by atoms with Crippen LogP contribution in [0.3, 0.4) is 0 Å². The van der Waals surface area contributed by atoms with Crippen LogP contribution in [0.25, 0.3) is 27.7 Å². The van der Waals surface area contributed by atoms with Crippen molar-refractivity contribution in [2.75, 3.05) is 5.32 Å². The van der Waals surface area contributed by atoms with Crippen molar-refractivity contribution in [2.45, 2.75) is 0 Å². The summed E-state index contributed by atoms with van der Waals surface area (Å²) in [5, 5.41) is 8.03. The molecule has 2 N–H and O–H groups in total. The first-order chi connectivity index (χ1) is 13.3. The summed E-state index contributed by atoms with van der Waals surface area (Å²) in [6.45, 7) is 0. The molecule has 8 nitrogen and oxygen atoms in total. The molecule has 5 aromatic heterocycles. The number of amides is 1. The van der Waals surface area contributed by atoms with Gasteiger partial charge in [0.15, 0.2) is 0 Å². The SMILES string of the molecule is O=C(Nc1cccnc1)c1cnn2ccc(-c3c[nH]c4ncncc34)cc12. The molecule has 27 heavy (non-hydrogen) atoms. The summed E-state index contributed by atoms with van der Waals surface area (Å²) in [7, 11) is 0. The van der Waals surface area contributed by atoms with E-state index in [9.17, 15) is 4.79 Å². The number of carbonyl (C=O) groups is 1. The summed E-state index contributed by atoms with van der Waals surface area (Å²) in [5.41, 5.74) is 4.50. The van der Waals surface area contributed by atoms with E-state index in [4.69, 9.17) is 0 Å². The Morgan fingerprint density at radius 2 is 2.11 bits per heavy atom. The van der Waals surface area contributed by atoms with Crippen LogP contribution in [-0.2, 0) is 0 Å². The Balaban J connectivity index is 1.57. The van der Waals surface area contributed by atoms with Gasteiger partial charge >= 0.3 is 0 Å². The van der Waals surface area contributed by atoms with Crippen LogP contribution in [0.5, 0.6) is 0 Å². The van der Waals surface area contributed by atoms with E-state index in [-0.39, 0.29) is 5.91 Å². The van der Waals surface area contributed by atoms with Gasteiger partial charge in [-0.15, -0.1) is 0 Å². The third-order valence-corrected chi connectivity index (χ3v) is 4.35. The molecule has 0 spiro atoms. The van der Waals surface area contributed by atoms with Gasteiger partial charge in [-0.25, -0.2) is 14.5 Å². The fourth-order valence-corrected chi connectivity index (χ4v) is 3.06. The van der Waals surface area contributed by atoms with Crippen LogP contribution in [0.2, 0.25) is 0 Å². The van der Waals surface area contributed by atoms with Gasteiger partial charge in [0, 0.05) is 35.7 Å². The molecule has 0 fully saturated rings. The van der Waals surface area contributed by atoms with Gasteiger partial charge < -0.3 is 10.3 Å². The Kier molecular flexibility index (Phi) is 3.39. The van der Waals surface area contributed by atoms with Crippen LogP contribution in [0, 0.1) is 0 Å². The van der Waals surface area contributed by atoms with Gasteiger partial charge in [-0.05, 0) is 29.8 Å². The number of aromatic nitrogens is 6. The molecule has 0 saturated heterocycles. The molecule has 0 atom stereocenters. The zero-order chi connectivity index (χ0) is 18.2. The van der Waals surface area contributed by atoms with Gasteiger partial charge in [-0.1, -0.05) is 0 Å². The highest BCUT2D eigenvalue weighted by Gasteiger charge is 2.15. The zero-order valence-electron chi connectivity index (χ0n) is 14.0. The minimum Gasteiger partial charge on any atom is -0.345 e. The van der Waals surface area contributed by atoms with Gasteiger partial charge in [0.25, 0.3) is 5.91 Å². The number of aromatic amines is 1. The van der Waals surface area contributed by atoms with Crippen molar-refractivity contribution in [3.8, 4) is 11.1 Å². The first kappa shape index (κ1) is 15.2. The topological polar surface area (TPSA) is 101 Å². The molecule has 8 heteroatoms. The Morgan fingerprint density at radius 3 is 3.00 bits per heavy atom. The second-order valence-electron chi connectivity index (χ2n) is 5.99. The van der Waals surface area contributed by atoms with Gasteiger partial charge in [-0.2, -0.15) is 5.10 Å². The number of hydrogen-bond donors (Lipinski definition) is 2. The molecule has 0 aliphatic heterocycles. The molecule has 0 radical (unpaired) electrons. The zero-order valence-corrected chi connectivity index (χ0v) is 14.0. The molecule has 0 unspecified atom stereocenters. The van der Waals surface area contributed by atoms with Gasteiger partial charge in [-0.3, -0.25) is 9.78 Å². The van der Waals surface area contributed by atoms with Crippen LogP contribution >= 0.6 is 0 Å². The Bertz CT molecular complexity index is 1270. The fourth-order valence-electron chi connectivity index (χ4n) is 3.06. The van der Waals surface area contributed by atoms with Crippen LogP contribution in [0.1, 0.15) is 10.4 Å². The van der Waals surface area contributed by atoms with Crippen molar-refractivity contribution in [1.82, 2.24) is 29.5 Å². The summed E-state index contributed by atoms with van der Waals surface area (Å²) in [5.74, 6) is -0.239. The van der Waals surface area contributed by atoms with E-state index in [1.165, 1.54) is 6.33 Å². The maximum Gasteiger partial charge on any atom is 0.259 e. The molecule has 0 aliphatic carbocycles. The Hall–Kier alpha value is -4.07. The summed E-state index contributed by atoms with van der Waals surface area (Å²) in [6.07, 6.45) is 11.8. The number of nitrogens with zero attached hydrogens (tertiary/aromatic N) is 5. The van der Waals surface area contributed by atoms with E-state index in [0.717, 1.165) is 22.2 Å². The van der Waals surface area contributed by atoms with Crippen LogP contribution in [-0.4, -0.2) is 35.5 Å². The normalized spacial score (nSPS) is 11.1. The van der Waals surface area contributed by atoms with Crippen LogP contribution in [0.4, 0.5) is 5.69 Å². The number of H-pyrrole nitrogens is 1. The minimum atomic E-state index is -0.239. The van der Waals surface area contributed by atoms with Crippen molar-refractivity contribution in [3.05, 3.63) is 73.3 Å². The maximum atomic E-state index is 12.7. The van der Waals surface area contributed by atoms with E-state index in [1.807, 2.05) is 24.5 Å². The number of fused-ring (bicyclic) bond motifs is 2. The number of rotatable bonds is 3. The molecule has 0 bridgehead atoms. The molecule has 5 aromatic rings. The molecule has 130 valence electrons. The van der Waals surface area contributed by atoms with Crippen molar-refractivity contribution >= 4 is 28.1 Å². The third-order valence-electron chi connectivity index (χ3n) is 4.35. The summed E-state index contributed by atoms with van der Waals surface area (Å²) in [4.78, 5) is 28.1. The highest BCUT2D eigenvalue weighted by Crippen LogP contribution is 2.28. The number of nitrogens with one attached hydrogen (secondary N) is 2. The summed E-state index contributed by atoms with van der Waals surface area (Å²) in [6, 6.07) is 7.43. The van der Waals surface area contributed by atoms with E-state index in [2.05, 4.69) is 30.4 Å². The Morgan fingerprint density at radius 1 is 1.15 bits per heavy atom. The monoisotopic (exact) mass is 355 g/mol. The van der Waals surface area contributed by atoms with Crippen molar-refractivity contribution < 1.29 is 4.79 Å². The highest BCUT2D eigenvalue weighted by molar-refractivity contribution is 6.09. The van der Waals surface area contributed by atoms with E-state index in [0.29, 0.717) is 16.8 Å². The number of carbonyl (C=O) groups excluding carboxylic acids is 1. The average molecular weight is 355 g/mol. The second-order valence-corrected chi connectivity index (χ2v) is 5.99. The van der Waals surface area contributed by atoms with Crippen molar-refractivity contribution in [1.29, 1.82) is 0 Å². The smallest absolute Gasteiger partial charge is 0.259 e. The summed E-state index contributed by atoms with van der Waals surface area (Å²) < 4.78 is 1.67. The Labute approximate surface area is 152 Å². The predicted octanol–water partition coefficient (Wildman–Crippen LogP) is 2.92. The third kappa shape index (κ3) is 2.60. The lowest BCUT2D eigenvalue weighted by molar-refractivity contribution is 0.102. The standard InChI is InChI=1S/C19H13N7O/c27-19(25-13-2-1-4-20-7-13)16-10-24-26-5-3-12(6-17(16)26)14-9-22-18-15(14)8-21-11-23-18/h1-11H,(H,25,27)(H,21,22,23). The van der Waals surface area contributed by atoms with E-state index >= 15 is 0 Å². The first-order valence-corrected chi connectivity index (χ1v) is 8.26. The second kappa shape index (κ2) is 6.03. The molecule has 0 aromatic carbocycles. The van der Waals surface area contributed by atoms with Gasteiger partial charge in [0.05, 0.1) is 29.2 Å². The average Bonchev–Trinajstić information content (AvgIpc) is 3.32. The maximum absolute atomic E-state index is 12.7. The summed E-state index contributed by atoms with van der Waals surface area (Å²) >= 11 is 0. The lowest BCUT2D eigenvalue weighted by atomic mass is 10.1. The molecule has 5 rings (SSSR count). The lowest BCUT2D eigenvalue weighted by Crippen LogP contribution is -2.11. The van der Waals surface area contributed by atoms with Crippen LogP contribution in [0.15, 0.2) is 67.8 Å². The predicted molar refractivity (Wildman–Crippen MR) is 100 cm³/mol. The largest absolute Gasteiger partial charge is 0.345 e. The number of hydrogen-bond acceptors (Lipinski definition) is 5. The van der Waals surface area contributed by atoms with E-state index in [1.54, 1.807) is 41.4 Å². The number of pyridine rings is 2. The molecular formula is C19H13N7O. The first-order valence-electron chi connectivity index (χ1n) is 8.26. The van der Waals surface area contributed by atoms with Crippen molar-refractivity contribution in [2.24, 2.45) is 0 Å². The van der Waals surface area contributed by atoms with Gasteiger partial charge in [0.2, 0.25) is 0 Å².